The van der Waals surface area contributed by atoms with Gasteiger partial charge >= 0.3 is 0 Å². The van der Waals surface area contributed by atoms with E-state index < -0.39 is 0 Å². The van der Waals surface area contributed by atoms with Gasteiger partial charge in [-0.3, -0.25) is 0 Å². The predicted molar refractivity (Wildman–Crippen MR) is 102 cm³/mol. The van der Waals surface area contributed by atoms with Crippen LogP contribution in [0.3, 0.4) is 0 Å². The lowest BCUT2D eigenvalue weighted by atomic mass is 9.93. The van der Waals surface area contributed by atoms with Crippen molar-refractivity contribution in [1.29, 1.82) is 0 Å². The molecule has 0 bridgehead atoms. The smallest absolute Gasteiger partial charge is 0.191 e. The fourth-order valence-electron chi connectivity index (χ4n) is 2.71. The molecule has 118 valence electrons. The van der Waals surface area contributed by atoms with Gasteiger partial charge in [-0.05, 0) is 23.9 Å². The largest absolute Gasteiger partial charge is 0.370 e. The first kappa shape index (κ1) is 17.4. The van der Waals surface area contributed by atoms with Crippen molar-refractivity contribution in [3.8, 4) is 0 Å². The highest BCUT2D eigenvalue weighted by molar-refractivity contribution is 14.0. The number of hydrogen-bond acceptors (Lipinski definition) is 4. The molecule has 1 aromatic heterocycles. The van der Waals surface area contributed by atoms with Gasteiger partial charge in [-0.15, -0.1) is 35.3 Å². The number of thiophene rings is 1. The van der Waals surface area contributed by atoms with Gasteiger partial charge in [0, 0.05) is 35.9 Å². The lowest BCUT2D eigenvalue weighted by molar-refractivity contribution is -0.0376. The minimum absolute atomic E-state index is 0. The average molecular weight is 439 g/mol. The van der Waals surface area contributed by atoms with Crippen molar-refractivity contribution >= 4 is 53.0 Å². The molecule has 3 heterocycles. The molecule has 0 spiro atoms. The summed E-state index contributed by atoms with van der Waals surface area (Å²) < 4.78 is 6.01. The molecule has 0 aliphatic carbocycles. The fraction of sp³-hybridized carbons (Fsp3) is 0.643. The molecule has 2 aliphatic heterocycles. The van der Waals surface area contributed by atoms with E-state index in [0.29, 0.717) is 12.5 Å². The van der Waals surface area contributed by atoms with Gasteiger partial charge in [0.1, 0.15) is 5.60 Å². The molecule has 3 rings (SSSR count). The Kier molecular flexibility index (Phi) is 6.22. The van der Waals surface area contributed by atoms with E-state index in [9.17, 15) is 0 Å². The summed E-state index contributed by atoms with van der Waals surface area (Å²) in [5, 5.41) is 2.15. The second-order valence-corrected chi connectivity index (χ2v) is 7.59. The van der Waals surface area contributed by atoms with Crippen LogP contribution in [0.25, 0.3) is 0 Å². The Morgan fingerprint density at radius 2 is 2.24 bits per heavy atom. The zero-order valence-electron chi connectivity index (χ0n) is 12.2. The molecule has 1 aromatic rings. The lowest BCUT2D eigenvalue weighted by Crippen LogP contribution is -2.44. The van der Waals surface area contributed by atoms with Crippen LogP contribution in [-0.4, -0.2) is 48.6 Å². The molecular weight excluding hydrogens is 417 g/mol. The van der Waals surface area contributed by atoms with Crippen molar-refractivity contribution in [1.82, 2.24) is 4.90 Å². The highest BCUT2D eigenvalue weighted by Gasteiger charge is 2.34. The SMILES string of the molecule is CC1(CN=C(N)N2CCSCC2)OCCc2sccc21.I. The number of nitrogens with two attached hydrogens (primary N) is 1. The molecule has 0 radical (unpaired) electrons. The van der Waals surface area contributed by atoms with Crippen molar-refractivity contribution in [2.24, 2.45) is 10.7 Å². The van der Waals surface area contributed by atoms with Crippen LogP contribution in [0.15, 0.2) is 16.4 Å². The van der Waals surface area contributed by atoms with Gasteiger partial charge in [0.05, 0.1) is 13.2 Å². The molecule has 2 aliphatic rings. The van der Waals surface area contributed by atoms with Gasteiger partial charge in [-0.25, -0.2) is 4.99 Å². The Labute approximate surface area is 151 Å². The number of hydrogen-bond donors (Lipinski definition) is 1. The average Bonchev–Trinajstić information content (AvgIpc) is 2.96. The van der Waals surface area contributed by atoms with Crippen molar-refractivity contribution < 1.29 is 4.74 Å². The maximum Gasteiger partial charge on any atom is 0.191 e. The minimum Gasteiger partial charge on any atom is -0.370 e. The zero-order chi connectivity index (χ0) is 14.0. The number of rotatable bonds is 2. The summed E-state index contributed by atoms with van der Waals surface area (Å²) in [6.07, 6.45) is 1.02. The summed E-state index contributed by atoms with van der Waals surface area (Å²) in [5.74, 6) is 2.94. The molecular formula is C14H22IN3OS2. The Morgan fingerprint density at radius 1 is 1.48 bits per heavy atom. The maximum absolute atomic E-state index is 6.13. The van der Waals surface area contributed by atoms with Crippen LogP contribution in [0.1, 0.15) is 17.4 Å². The number of thioether (sulfide) groups is 1. The van der Waals surface area contributed by atoms with E-state index in [0.717, 1.165) is 37.6 Å². The molecule has 1 unspecified atom stereocenters. The van der Waals surface area contributed by atoms with Crippen LogP contribution >= 0.6 is 47.1 Å². The van der Waals surface area contributed by atoms with Crippen LogP contribution in [0.5, 0.6) is 0 Å². The second kappa shape index (κ2) is 7.52. The number of aliphatic imine (C=N–C) groups is 1. The predicted octanol–water partition coefficient (Wildman–Crippen LogP) is 2.52. The maximum atomic E-state index is 6.13. The third kappa shape index (κ3) is 3.86. The van der Waals surface area contributed by atoms with Crippen molar-refractivity contribution in [2.75, 3.05) is 37.7 Å². The van der Waals surface area contributed by atoms with Gasteiger partial charge < -0.3 is 15.4 Å². The summed E-state index contributed by atoms with van der Waals surface area (Å²) in [4.78, 5) is 8.22. The zero-order valence-corrected chi connectivity index (χ0v) is 16.2. The Morgan fingerprint density at radius 3 is 3.00 bits per heavy atom. The third-order valence-electron chi connectivity index (χ3n) is 3.94. The molecule has 21 heavy (non-hydrogen) atoms. The van der Waals surface area contributed by atoms with Gasteiger partial charge in [-0.1, -0.05) is 0 Å². The molecule has 0 amide bonds. The van der Waals surface area contributed by atoms with E-state index in [4.69, 9.17) is 10.5 Å². The summed E-state index contributed by atoms with van der Waals surface area (Å²) in [6.45, 7) is 5.51. The molecule has 1 saturated heterocycles. The summed E-state index contributed by atoms with van der Waals surface area (Å²) in [6, 6.07) is 2.17. The van der Waals surface area contributed by atoms with Gasteiger partial charge in [0.25, 0.3) is 0 Å². The number of guanidine groups is 1. The van der Waals surface area contributed by atoms with Crippen LogP contribution in [0.2, 0.25) is 0 Å². The van der Waals surface area contributed by atoms with E-state index >= 15 is 0 Å². The van der Waals surface area contributed by atoms with Crippen LogP contribution in [0.4, 0.5) is 0 Å². The van der Waals surface area contributed by atoms with Crippen LogP contribution < -0.4 is 5.73 Å². The molecule has 0 saturated carbocycles. The van der Waals surface area contributed by atoms with Gasteiger partial charge in [0.2, 0.25) is 0 Å². The number of halogens is 1. The fourth-order valence-corrected chi connectivity index (χ4v) is 4.59. The summed E-state index contributed by atoms with van der Waals surface area (Å²) >= 11 is 3.79. The first-order chi connectivity index (χ1) is 9.69. The number of nitrogens with zero attached hydrogens (tertiary/aromatic N) is 2. The standard InChI is InChI=1S/C14H21N3OS2.HI/c1-14(11-3-7-20-12(11)2-6-18-14)10-16-13(15)17-4-8-19-9-5-17;/h3,7H,2,4-6,8-10H2,1H3,(H2,15,16);1H. The molecule has 7 heteroatoms. The third-order valence-corrected chi connectivity index (χ3v) is 5.87. The van der Waals surface area contributed by atoms with Crippen LogP contribution in [0, 0.1) is 0 Å². The monoisotopic (exact) mass is 439 g/mol. The Balaban J connectivity index is 0.00000161. The molecule has 4 nitrogen and oxygen atoms in total. The minimum atomic E-state index is -0.317. The van der Waals surface area contributed by atoms with E-state index in [-0.39, 0.29) is 29.6 Å². The normalized spacial score (nSPS) is 26.1. The number of ether oxygens (including phenoxy) is 1. The van der Waals surface area contributed by atoms with Crippen LogP contribution in [-0.2, 0) is 16.8 Å². The van der Waals surface area contributed by atoms with Crippen molar-refractivity contribution in [3.63, 3.8) is 0 Å². The van der Waals surface area contributed by atoms with E-state index in [1.54, 1.807) is 0 Å². The number of fused-ring (bicyclic) bond motifs is 1. The Bertz CT molecular complexity index is 502. The lowest BCUT2D eigenvalue weighted by Gasteiger charge is -2.34. The molecule has 2 N–H and O–H groups in total. The highest BCUT2D eigenvalue weighted by atomic mass is 127. The first-order valence-corrected chi connectivity index (χ1v) is 9.06. The quantitative estimate of drug-likeness (QED) is 0.437. The molecule has 1 atom stereocenters. The van der Waals surface area contributed by atoms with Crippen molar-refractivity contribution in [3.05, 3.63) is 21.9 Å². The van der Waals surface area contributed by atoms with Crippen molar-refractivity contribution in [2.45, 2.75) is 18.9 Å². The Hall–Kier alpha value is 0.01000. The second-order valence-electron chi connectivity index (χ2n) is 5.36. The summed E-state index contributed by atoms with van der Waals surface area (Å²) in [7, 11) is 0. The highest BCUT2D eigenvalue weighted by Crippen LogP contribution is 2.36. The van der Waals surface area contributed by atoms with E-state index in [1.165, 1.54) is 10.4 Å². The molecule has 0 aromatic carbocycles. The van der Waals surface area contributed by atoms with Gasteiger partial charge in [-0.2, -0.15) is 11.8 Å². The van der Waals surface area contributed by atoms with E-state index in [2.05, 4.69) is 28.3 Å². The van der Waals surface area contributed by atoms with Gasteiger partial charge in [0.15, 0.2) is 5.96 Å². The first-order valence-electron chi connectivity index (χ1n) is 7.02. The topological polar surface area (TPSA) is 50.8 Å². The van der Waals surface area contributed by atoms with E-state index in [1.807, 2.05) is 23.1 Å². The molecule has 1 fully saturated rings. The summed E-state index contributed by atoms with van der Waals surface area (Å²) in [5.41, 5.74) is 7.11.